The minimum Gasteiger partial charge on any atom is -0.365 e. The first kappa shape index (κ1) is 17.0. The van der Waals surface area contributed by atoms with Crippen molar-refractivity contribution < 1.29 is 14.1 Å². The van der Waals surface area contributed by atoms with Gasteiger partial charge in [-0.15, -0.1) is 0 Å². The summed E-state index contributed by atoms with van der Waals surface area (Å²) in [6.45, 7) is 3.70. The number of anilines is 1. The molecule has 2 amide bonds. The molecule has 0 saturated heterocycles. The highest BCUT2D eigenvalue weighted by Gasteiger charge is 2.33. The second kappa shape index (κ2) is 6.39. The average Bonchev–Trinajstić information content (AvgIpc) is 3.36. The lowest BCUT2D eigenvalue weighted by Gasteiger charge is -2.05. The molecular formula is C19H19N5O3. The van der Waals surface area contributed by atoms with Gasteiger partial charge in [0.2, 0.25) is 11.8 Å². The number of nitrogens with one attached hydrogen (secondary N) is 1. The number of rotatable bonds is 5. The van der Waals surface area contributed by atoms with E-state index in [1.807, 2.05) is 44.2 Å². The van der Waals surface area contributed by atoms with Crippen LogP contribution in [0.1, 0.15) is 34.6 Å². The van der Waals surface area contributed by atoms with Gasteiger partial charge in [0.1, 0.15) is 11.3 Å². The Balaban J connectivity index is 1.80. The maximum atomic E-state index is 12.1. The molecule has 0 radical (unpaired) electrons. The number of para-hydroxylation sites is 1. The summed E-state index contributed by atoms with van der Waals surface area (Å²) < 4.78 is 7.04. The molecule has 4 rings (SSSR count). The molecule has 0 unspecified atom stereocenters. The van der Waals surface area contributed by atoms with Gasteiger partial charge in [-0.05, 0) is 38.8 Å². The summed E-state index contributed by atoms with van der Waals surface area (Å²) in [7, 11) is 0. The van der Waals surface area contributed by atoms with Crippen LogP contribution in [0.15, 0.2) is 34.9 Å². The number of nitrogens with two attached hydrogens (primary N) is 1. The van der Waals surface area contributed by atoms with Crippen molar-refractivity contribution in [2.45, 2.75) is 26.7 Å². The lowest BCUT2D eigenvalue weighted by atomic mass is 10.1. The van der Waals surface area contributed by atoms with E-state index in [1.165, 1.54) is 0 Å². The number of aromatic nitrogens is 3. The molecule has 1 fully saturated rings. The van der Waals surface area contributed by atoms with Crippen molar-refractivity contribution in [2.75, 3.05) is 5.32 Å². The van der Waals surface area contributed by atoms with Crippen molar-refractivity contribution in [3.05, 3.63) is 47.3 Å². The Kier molecular flexibility index (Phi) is 4.02. The predicted octanol–water partition coefficient (Wildman–Crippen LogP) is 2.59. The number of carbonyl (C=O) groups is 2. The maximum Gasteiger partial charge on any atom is 0.256 e. The molecule has 8 heteroatoms. The fourth-order valence-electron chi connectivity index (χ4n) is 3.14. The minimum absolute atomic E-state index is 0.0133. The van der Waals surface area contributed by atoms with E-state index in [4.69, 9.17) is 10.3 Å². The van der Waals surface area contributed by atoms with Gasteiger partial charge in [-0.2, -0.15) is 5.10 Å². The smallest absolute Gasteiger partial charge is 0.256 e. The fourth-order valence-corrected chi connectivity index (χ4v) is 3.14. The summed E-state index contributed by atoms with van der Waals surface area (Å²) in [5.41, 5.74) is 8.91. The highest BCUT2D eigenvalue weighted by Crippen LogP contribution is 2.35. The van der Waals surface area contributed by atoms with E-state index in [-0.39, 0.29) is 29.0 Å². The molecule has 3 N–H and O–H groups in total. The normalized spacial score (nSPS) is 13.6. The lowest BCUT2D eigenvalue weighted by molar-refractivity contribution is -0.117. The van der Waals surface area contributed by atoms with Gasteiger partial charge >= 0.3 is 0 Å². The van der Waals surface area contributed by atoms with Gasteiger partial charge in [0.05, 0.1) is 17.1 Å². The maximum absolute atomic E-state index is 12.1. The van der Waals surface area contributed by atoms with Crippen LogP contribution in [-0.4, -0.2) is 26.8 Å². The number of aryl methyl sites for hydroxylation is 1. The first-order chi connectivity index (χ1) is 13.0. The highest BCUT2D eigenvalue weighted by molar-refractivity contribution is 6.06. The molecule has 2 aromatic heterocycles. The molecule has 8 nitrogen and oxygen atoms in total. The largest absolute Gasteiger partial charge is 0.365 e. The van der Waals surface area contributed by atoms with E-state index in [0.717, 1.165) is 24.2 Å². The zero-order valence-electron chi connectivity index (χ0n) is 15.0. The Morgan fingerprint density at radius 1 is 1.22 bits per heavy atom. The fraction of sp³-hybridized carbons (Fsp3) is 0.263. The van der Waals surface area contributed by atoms with Crippen LogP contribution in [0.5, 0.6) is 0 Å². The van der Waals surface area contributed by atoms with Crippen molar-refractivity contribution in [3.63, 3.8) is 0 Å². The molecule has 1 aliphatic carbocycles. The predicted molar refractivity (Wildman–Crippen MR) is 98.4 cm³/mol. The topological polar surface area (TPSA) is 116 Å². The van der Waals surface area contributed by atoms with Crippen LogP contribution in [0.25, 0.3) is 16.9 Å². The molecule has 0 bridgehead atoms. The Morgan fingerprint density at radius 2 is 1.93 bits per heavy atom. The van der Waals surface area contributed by atoms with Crippen molar-refractivity contribution >= 4 is 17.7 Å². The Hall–Kier alpha value is -3.42. The molecular weight excluding hydrogens is 346 g/mol. The van der Waals surface area contributed by atoms with Crippen LogP contribution < -0.4 is 11.1 Å². The SMILES string of the molecule is Cc1nn(-c2ccccc2)c(C)c1-c1noc(NC(=O)C2CC2)c1C(N)=O. The van der Waals surface area contributed by atoms with Gasteiger partial charge in [0.15, 0.2) is 0 Å². The lowest BCUT2D eigenvalue weighted by Crippen LogP contribution is -2.18. The third-order valence-corrected chi connectivity index (χ3v) is 4.65. The Labute approximate surface area is 155 Å². The second-order valence-electron chi connectivity index (χ2n) is 6.66. The van der Waals surface area contributed by atoms with Crippen molar-refractivity contribution in [1.29, 1.82) is 0 Å². The van der Waals surface area contributed by atoms with Gasteiger partial charge in [-0.1, -0.05) is 23.4 Å². The molecule has 27 heavy (non-hydrogen) atoms. The molecule has 2 heterocycles. The molecule has 1 saturated carbocycles. The summed E-state index contributed by atoms with van der Waals surface area (Å²) in [5.74, 6) is -0.957. The Morgan fingerprint density at radius 3 is 2.56 bits per heavy atom. The summed E-state index contributed by atoms with van der Waals surface area (Å²) in [5, 5.41) is 11.2. The number of carbonyl (C=O) groups excluding carboxylic acids is 2. The van der Waals surface area contributed by atoms with Crippen molar-refractivity contribution in [1.82, 2.24) is 14.9 Å². The molecule has 0 aliphatic heterocycles. The molecule has 138 valence electrons. The minimum atomic E-state index is -0.719. The van der Waals surface area contributed by atoms with Crippen LogP contribution in [0.2, 0.25) is 0 Å². The zero-order chi connectivity index (χ0) is 19.1. The van der Waals surface area contributed by atoms with E-state index >= 15 is 0 Å². The standard InChI is InChI=1S/C19H19N5O3/c1-10-14(11(2)24(22-10)13-6-4-3-5-7-13)16-15(17(20)25)19(27-23-16)21-18(26)12-8-9-12/h3-7,12H,8-9H2,1-2H3,(H2,20,25)(H,21,26). The van der Waals surface area contributed by atoms with Crippen LogP contribution in [0, 0.1) is 19.8 Å². The van der Waals surface area contributed by atoms with E-state index in [2.05, 4.69) is 15.6 Å². The van der Waals surface area contributed by atoms with Crippen LogP contribution in [0.3, 0.4) is 0 Å². The van der Waals surface area contributed by atoms with E-state index < -0.39 is 5.91 Å². The van der Waals surface area contributed by atoms with Crippen molar-refractivity contribution in [3.8, 4) is 16.9 Å². The number of primary amides is 1. The van der Waals surface area contributed by atoms with Gasteiger partial charge < -0.3 is 10.3 Å². The number of hydrogen-bond acceptors (Lipinski definition) is 5. The summed E-state index contributed by atoms with van der Waals surface area (Å²) in [6, 6.07) is 9.63. The molecule has 0 spiro atoms. The number of nitrogens with zero attached hydrogens (tertiary/aromatic N) is 3. The molecule has 1 aliphatic rings. The van der Waals surface area contributed by atoms with Gasteiger partial charge in [-0.3, -0.25) is 14.9 Å². The first-order valence-electron chi connectivity index (χ1n) is 8.69. The van der Waals surface area contributed by atoms with Crippen LogP contribution in [-0.2, 0) is 4.79 Å². The van der Waals surface area contributed by atoms with Gasteiger partial charge in [-0.25, -0.2) is 4.68 Å². The van der Waals surface area contributed by atoms with Crippen LogP contribution >= 0.6 is 0 Å². The van der Waals surface area contributed by atoms with Crippen molar-refractivity contribution in [2.24, 2.45) is 11.7 Å². The summed E-state index contributed by atoms with van der Waals surface area (Å²) in [4.78, 5) is 24.1. The molecule has 1 aromatic carbocycles. The quantitative estimate of drug-likeness (QED) is 0.721. The monoisotopic (exact) mass is 365 g/mol. The van der Waals surface area contributed by atoms with E-state index in [0.29, 0.717) is 11.3 Å². The number of amides is 2. The van der Waals surface area contributed by atoms with Crippen LogP contribution in [0.4, 0.5) is 5.88 Å². The average molecular weight is 365 g/mol. The molecule has 3 aromatic rings. The van der Waals surface area contributed by atoms with Gasteiger partial charge in [0.25, 0.3) is 5.91 Å². The molecule has 0 atom stereocenters. The second-order valence-corrected chi connectivity index (χ2v) is 6.66. The number of benzene rings is 1. The summed E-state index contributed by atoms with van der Waals surface area (Å²) in [6.07, 6.45) is 1.67. The third-order valence-electron chi connectivity index (χ3n) is 4.65. The highest BCUT2D eigenvalue weighted by atomic mass is 16.5. The Bertz CT molecular complexity index is 1030. The number of hydrogen-bond donors (Lipinski definition) is 2. The summed E-state index contributed by atoms with van der Waals surface area (Å²) >= 11 is 0. The first-order valence-corrected chi connectivity index (χ1v) is 8.69. The van der Waals surface area contributed by atoms with E-state index in [1.54, 1.807) is 4.68 Å². The van der Waals surface area contributed by atoms with Gasteiger partial charge in [0, 0.05) is 11.5 Å². The zero-order valence-corrected chi connectivity index (χ0v) is 15.0. The third kappa shape index (κ3) is 2.99. The van der Waals surface area contributed by atoms with E-state index in [9.17, 15) is 9.59 Å².